The molecule has 3 aromatic rings. The van der Waals surface area contributed by atoms with Crippen molar-refractivity contribution in [2.24, 2.45) is 0 Å². The molecular formula is C12H12ClN3O2S3. The van der Waals surface area contributed by atoms with Crippen LogP contribution in [0.15, 0.2) is 28.0 Å². The molecule has 112 valence electrons. The maximum absolute atomic E-state index is 12.8. The molecule has 0 amide bonds. The second-order valence-electron chi connectivity index (χ2n) is 4.55. The highest BCUT2D eigenvalue weighted by atomic mass is 35.5. The summed E-state index contributed by atoms with van der Waals surface area (Å²) in [4.78, 5) is 5.67. The molecule has 0 fully saturated rings. The summed E-state index contributed by atoms with van der Waals surface area (Å²) in [5, 5.41) is 3.77. The largest absolute Gasteiger partial charge is 0.279 e. The Labute approximate surface area is 135 Å². The van der Waals surface area contributed by atoms with Crippen molar-refractivity contribution in [2.45, 2.75) is 18.5 Å². The topological polar surface area (TPSA) is 54.7 Å². The van der Waals surface area contributed by atoms with E-state index in [1.807, 2.05) is 18.4 Å². The standard InChI is InChI=1S/C12H12ClN3O2S3/c1-8-3-5-19-9(8)7-15(2)21(17,18)11-10(13)14-12-16(11)4-6-20-12/h3-6H,7H2,1-2H3. The molecule has 0 saturated heterocycles. The lowest BCUT2D eigenvalue weighted by Gasteiger charge is -2.16. The van der Waals surface area contributed by atoms with E-state index in [9.17, 15) is 8.42 Å². The smallest absolute Gasteiger partial charge is 0.262 e. The monoisotopic (exact) mass is 361 g/mol. The van der Waals surface area contributed by atoms with E-state index >= 15 is 0 Å². The molecule has 3 heterocycles. The van der Waals surface area contributed by atoms with Gasteiger partial charge in [-0.1, -0.05) is 11.6 Å². The minimum Gasteiger partial charge on any atom is -0.279 e. The van der Waals surface area contributed by atoms with Crippen molar-refractivity contribution in [3.63, 3.8) is 0 Å². The van der Waals surface area contributed by atoms with Crippen molar-refractivity contribution >= 4 is 49.3 Å². The Morgan fingerprint density at radius 3 is 2.81 bits per heavy atom. The Bertz CT molecular complexity index is 894. The van der Waals surface area contributed by atoms with Crippen LogP contribution >= 0.6 is 34.3 Å². The van der Waals surface area contributed by atoms with Gasteiger partial charge in [0.25, 0.3) is 10.0 Å². The molecule has 0 aliphatic rings. The number of hydrogen-bond donors (Lipinski definition) is 0. The Kier molecular flexibility index (Phi) is 3.83. The number of imidazole rings is 1. The Morgan fingerprint density at radius 2 is 2.14 bits per heavy atom. The van der Waals surface area contributed by atoms with E-state index in [0.29, 0.717) is 11.5 Å². The number of sulfonamides is 1. The van der Waals surface area contributed by atoms with Crippen molar-refractivity contribution in [3.05, 3.63) is 38.6 Å². The zero-order valence-corrected chi connectivity index (χ0v) is 14.5. The van der Waals surface area contributed by atoms with E-state index in [0.717, 1.165) is 10.4 Å². The normalized spacial score (nSPS) is 12.6. The van der Waals surface area contributed by atoms with E-state index < -0.39 is 10.0 Å². The lowest BCUT2D eigenvalue weighted by molar-refractivity contribution is 0.465. The quantitative estimate of drug-likeness (QED) is 0.716. The summed E-state index contributed by atoms with van der Waals surface area (Å²) in [6, 6.07) is 1.98. The van der Waals surface area contributed by atoms with Gasteiger partial charge in [0, 0.05) is 30.0 Å². The molecular weight excluding hydrogens is 350 g/mol. The van der Waals surface area contributed by atoms with Crippen LogP contribution in [0.4, 0.5) is 0 Å². The minimum absolute atomic E-state index is 0.0107. The lowest BCUT2D eigenvalue weighted by Crippen LogP contribution is -2.27. The first-order chi connectivity index (χ1) is 9.91. The molecule has 0 bridgehead atoms. The number of thiophene rings is 1. The Morgan fingerprint density at radius 1 is 1.38 bits per heavy atom. The van der Waals surface area contributed by atoms with Crippen LogP contribution in [0, 0.1) is 6.92 Å². The average molecular weight is 362 g/mol. The third kappa shape index (κ3) is 2.51. The molecule has 0 radical (unpaired) electrons. The van der Waals surface area contributed by atoms with E-state index in [-0.39, 0.29) is 10.2 Å². The summed E-state index contributed by atoms with van der Waals surface area (Å²) >= 11 is 8.91. The van der Waals surface area contributed by atoms with Gasteiger partial charge in [0.2, 0.25) is 0 Å². The van der Waals surface area contributed by atoms with Crippen LogP contribution in [-0.4, -0.2) is 29.2 Å². The molecule has 9 heteroatoms. The second-order valence-corrected chi connectivity index (χ2v) is 8.74. The predicted molar refractivity (Wildman–Crippen MR) is 85.8 cm³/mol. The number of nitrogens with zero attached hydrogens (tertiary/aromatic N) is 3. The third-order valence-corrected chi connectivity index (χ3v) is 7.14. The van der Waals surface area contributed by atoms with Crippen molar-refractivity contribution in [1.82, 2.24) is 13.7 Å². The van der Waals surface area contributed by atoms with Gasteiger partial charge >= 0.3 is 0 Å². The molecule has 0 unspecified atom stereocenters. The number of hydrogen-bond acceptors (Lipinski definition) is 5. The van der Waals surface area contributed by atoms with E-state index in [4.69, 9.17) is 11.6 Å². The fraction of sp³-hybridized carbons (Fsp3) is 0.250. The SMILES string of the molecule is Cc1ccsc1CN(C)S(=O)(=O)c1c(Cl)nc2sccn12. The molecule has 0 aliphatic heterocycles. The van der Waals surface area contributed by atoms with Gasteiger partial charge < -0.3 is 0 Å². The molecule has 3 rings (SSSR count). The van der Waals surface area contributed by atoms with Crippen molar-refractivity contribution in [1.29, 1.82) is 0 Å². The van der Waals surface area contributed by atoms with Gasteiger partial charge in [0.15, 0.2) is 15.1 Å². The summed E-state index contributed by atoms with van der Waals surface area (Å²) in [5.41, 5.74) is 1.09. The van der Waals surface area contributed by atoms with Crippen LogP contribution in [-0.2, 0) is 16.6 Å². The van der Waals surface area contributed by atoms with Crippen LogP contribution in [0.1, 0.15) is 10.4 Å². The molecule has 3 aromatic heterocycles. The highest BCUT2D eigenvalue weighted by molar-refractivity contribution is 7.89. The number of halogens is 1. The first-order valence-corrected chi connectivity index (χ1v) is 9.59. The Balaban J connectivity index is 2.02. The number of thiazole rings is 1. The molecule has 0 aliphatic carbocycles. The van der Waals surface area contributed by atoms with E-state index in [1.54, 1.807) is 30.0 Å². The highest BCUT2D eigenvalue weighted by Gasteiger charge is 2.29. The number of aryl methyl sites for hydroxylation is 1. The number of rotatable bonds is 4. The van der Waals surface area contributed by atoms with Crippen molar-refractivity contribution in [3.8, 4) is 0 Å². The molecule has 0 N–H and O–H groups in total. The fourth-order valence-corrected chi connectivity index (χ4v) is 5.54. The molecule has 5 nitrogen and oxygen atoms in total. The summed E-state index contributed by atoms with van der Waals surface area (Å²) in [6.45, 7) is 2.29. The van der Waals surface area contributed by atoms with Gasteiger partial charge in [0.1, 0.15) is 0 Å². The second kappa shape index (κ2) is 5.36. The highest BCUT2D eigenvalue weighted by Crippen LogP contribution is 2.29. The molecule has 0 atom stereocenters. The zero-order valence-electron chi connectivity index (χ0n) is 11.3. The average Bonchev–Trinajstić information content (AvgIpc) is 3.06. The zero-order chi connectivity index (χ0) is 15.2. The van der Waals surface area contributed by atoms with E-state index in [1.165, 1.54) is 20.0 Å². The van der Waals surface area contributed by atoms with Crippen LogP contribution in [0.5, 0.6) is 0 Å². The van der Waals surface area contributed by atoms with Gasteiger partial charge in [-0.25, -0.2) is 13.4 Å². The van der Waals surface area contributed by atoms with Gasteiger partial charge in [-0.05, 0) is 23.9 Å². The number of aromatic nitrogens is 2. The van der Waals surface area contributed by atoms with Crippen molar-refractivity contribution < 1.29 is 8.42 Å². The first kappa shape index (κ1) is 15.0. The lowest BCUT2D eigenvalue weighted by atomic mass is 10.3. The molecule has 0 spiro atoms. The summed E-state index contributed by atoms with van der Waals surface area (Å²) < 4.78 is 28.3. The maximum Gasteiger partial charge on any atom is 0.262 e. The van der Waals surface area contributed by atoms with E-state index in [2.05, 4.69) is 4.98 Å². The van der Waals surface area contributed by atoms with Gasteiger partial charge in [-0.2, -0.15) is 4.31 Å². The number of fused-ring (bicyclic) bond motifs is 1. The first-order valence-electron chi connectivity index (χ1n) is 6.01. The summed E-state index contributed by atoms with van der Waals surface area (Å²) in [6.07, 6.45) is 1.66. The van der Waals surface area contributed by atoms with Crippen LogP contribution in [0.25, 0.3) is 4.96 Å². The van der Waals surface area contributed by atoms with Crippen LogP contribution < -0.4 is 0 Å². The Hall–Kier alpha value is -0.930. The summed E-state index contributed by atoms with van der Waals surface area (Å²) in [7, 11) is -2.15. The summed E-state index contributed by atoms with van der Waals surface area (Å²) in [5.74, 6) is 0. The minimum atomic E-state index is -3.70. The van der Waals surface area contributed by atoms with Gasteiger partial charge in [-0.15, -0.1) is 22.7 Å². The van der Waals surface area contributed by atoms with Crippen LogP contribution in [0.3, 0.4) is 0 Å². The molecule has 0 saturated carbocycles. The molecule has 21 heavy (non-hydrogen) atoms. The molecule has 0 aromatic carbocycles. The van der Waals surface area contributed by atoms with Crippen molar-refractivity contribution in [2.75, 3.05) is 7.05 Å². The van der Waals surface area contributed by atoms with Crippen LogP contribution in [0.2, 0.25) is 5.15 Å². The van der Waals surface area contributed by atoms with Gasteiger partial charge in [0.05, 0.1) is 0 Å². The predicted octanol–water partition coefficient (Wildman–Crippen LogP) is 3.24. The maximum atomic E-state index is 12.8. The third-order valence-electron chi connectivity index (χ3n) is 3.17. The fourth-order valence-electron chi connectivity index (χ4n) is 1.97. The van der Waals surface area contributed by atoms with Gasteiger partial charge in [-0.3, -0.25) is 4.40 Å².